The smallest absolute Gasteiger partial charge is 0.184 e. The lowest BCUT2D eigenvalue weighted by Crippen LogP contribution is -2.58. The highest BCUT2D eigenvalue weighted by Gasteiger charge is 2.42. The molecule has 5 atom stereocenters. The van der Waals surface area contributed by atoms with E-state index >= 15 is 0 Å². The lowest BCUT2D eigenvalue weighted by Gasteiger charge is -2.37. The summed E-state index contributed by atoms with van der Waals surface area (Å²) in [6.45, 7) is -0.526. The van der Waals surface area contributed by atoms with E-state index in [9.17, 15) is 0 Å². The molecular formula is C6H12O6. The van der Waals surface area contributed by atoms with Crippen LogP contribution in [-0.2, 0) is 4.74 Å². The van der Waals surface area contributed by atoms with Crippen LogP contribution in [0.2, 0.25) is 0 Å². The maximum absolute atomic E-state index is 9.12. The van der Waals surface area contributed by atoms with Crippen molar-refractivity contribution in [3.05, 3.63) is 0 Å². The molecule has 0 amide bonds. The molecule has 0 aliphatic carbocycles. The molecule has 1 unspecified atom stereocenters. The van der Waals surface area contributed by atoms with Crippen LogP contribution in [0.3, 0.4) is 0 Å². The molecule has 1 heterocycles. The number of hydrogen-bond donors (Lipinski definition) is 5. The van der Waals surface area contributed by atoms with E-state index < -0.39 is 37.3 Å². The Balaban J connectivity index is 2.63. The molecule has 1 fully saturated rings. The second-order valence-electron chi connectivity index (χ2n) is 2.72. The first-order valence-corrected chi connectivity index (χ1v) is 3.56. The standard InChI is InChI=1S/C6H12O6/c7-1-2-3(8)4(9)5(10)6(11)12-2/h2-11H,1H2/t2-,3-,4+,5-,6?/m1/s1/i1+1. The SMILES string of the molecule is O[13CH2][C@H]1OC(O)[C@H](O)[C@@H](O)[C@@H]1O. The average Bonchev–Trinajstić information content (AvgIpc) is 2.08. The van der Waals surface area contributed by atoms with Gasteiger partial charge in [0.15, 0.2) is 6.29 Å². The molecule has 1 aliphatic heterocycles. The summed E-state index contributed by atoms with van der Waals surface area (Å²) in [5.41, 5.74) is 0. The van der Waals surface area contributed by atoms with E-state index in [1.807, 2.05) is 0 Å². The van der Waals surface area contributed by atoms with Crippen LogP contribution in [0.15, 0.2) is 0 Å². The molecule has 1 rings (SSSR count). The van der Waals surface area contributed by atoms with Crippen LogP contribution >= 0.6 is 0 Å². The molecule has 1 aliphatic rings. The van der Waals surface area contributed by atoms with E-state index in [1.54, 1.807) is 0 Å². The minimum absolute atomic E-state index is 0.526. The Labute approximate surface area is 68.6 Å². The maximum atomic E-state index is 9.12. The monoisotopic (exact) mass is 181 g/mol. The summed E-state index contributed by atoms with van der Waals surface area (Å²) >= 11 is 0. The number of aliphatic hydroxyl groups is 5. The van der Waals surface area contributed by atoms with Crippen molar-refractivity contribution in [2.24, 2.45) is 0 Å². The number of hydrogen-bond acceptors (Lipinski definition) is 6. The third-order valence-corrected chi connectivity index (χ3v) is 1.87. The Morgan fingerprint density at radius 2 is 1.50 bits per heavy atom. The van der Waals surface area contributed by atoms with E-state index in [0.29, 0.717) is 0 Å². The topological polar surface area (TPSA) is 110 Å². The molecule has 0 saturated carbocycles. The molecule has 0 aromatic heterocycles. The van der Waals surface area contributed by atoms with Crippen molar-refractivity contribution in [1.82, 2.24) is 0 Å². The number of ether oxygens (including phenoxy) is 1. The number of rotatable bonds is 1. The van der Waals surface area contributed by atoms with Gasteiger partial charge in [0.2, 0.25) is 0 Å². The van der Waals surface area contributed by atoms with Crippen molar-refractivity contribution in [3.8, 4) is 0 Å². The Morgan fingerprint density at radius 3 is 2.00 bits per heavy atom. The van der Waals surface area contributed by atoms with E-state index in [2.05, 4.69) is 4.74 Å². The molecule has 72 valence electrons. The van der Waals surface area contributed by atoms with Gasteiger partial charge in [0.1, 0.15) is 24.4 Å². The van der Waals surface area contributed by atoms with E-state index in [0.717, 1.165) is 0 Å². The summed E-state index contributed by atoms with van der Waals surface area (Å²) in [6, 6.07) is 0. The first-order chi connectivity index (χ1) is 5.57. The largest absolute Gasteiger partial charge is 0.394 e. The van der Waals surface area contributed by atoms with Gasteiger partial charge in [-0.15, -0.1) is 0 Å². The maximum Gasteiger partial charge on any atom is 0.184 e. The van der Waals surface area contributed by atoms with Gasteiger partial charge in [-0.25, -0.2) is 0 Å². The Hall–Kier alpha value is -0.240. The normalized spacial score (nSPS) is 49.2. The average molecular weight is 181 g/mol. The molecule has 12 heavy (non-hydrogen) atoms. The van der Waals surface area contributed by atoms with Crippen LogP contribution in [0.1, 0.15) is 0 Å². The summed E-state index contributed by atoms with van der Waals surface area (Å²) in [5, 5.41) is 44.7. The first kappa shape index (κ1) is 9.85. The zero-order valence-electron chi connectivity index (χ0n) is 6.24. The summed E-state index contributed by atoms with van der Waals surface area (Å²) < 4.78 is 4.58. The fourth-order valence-electron chi connectivity index (χ4n) is 1.08. The quantitative estimate of drug-likeness (QED) is 0.272. The first-order valence-electron chi connectivity index (χ1n) is 3.56. The van der Waals surface area contributed by atoms with Crippen molar-refractivity contribution in [3.63, 3.8) is 0 Å². The van der Waals surface area contributed by atoms with Gasteiger partial charge in [0.25, 0.3) is 0 Å². The van der Waals surface area contributed by atoms with Gasteiger partial charge in [-0.3, -0.25) is 0 Å². The molecule has 6 heteroatoms. The third-order valence-electron chi connectivity index (χ3n) is 1.87. The van der Waals surface area contributed by atoms with Crippen LogP contribution < -0.4 is 0 Å². The Bertz CT molecular complexity index is 146. The summed E-state index contributed by atoms with van der Waals surface area (Å²) in [4.78, 5) is 0. The van der Waals surface area contributed by atoms with Gasteiger partial charge in [-0.05, 0) is 0 Å². The minimum Gasteiger partial charge on any atom is -0.394 e. The lowest BCUT2D eigenvalue weighted by molar-refractivity contribution is -0.286. The molecule has 0 aromatic rings. The molecule has 6 nitrogen and oxygen atoms in total. The minimum atomic E-state index is -1.57. The van der Waals surface area contributed by atoms with Crippen LogP contribution in [0.5, 0.6) is 0 Å². The molecule has 0 spiro atoms. The predicted octanol–water partition coefficient (Wildman–Crippen LogP) is -3.22. The van der Waals surface area contributed by atoms with Crippen LogP contribution in [0, 0.1) is 0 Å². The van der Waals surface area contributed by atoms with Gasteiger partial charge in [-0.2, -0.15) is 0 Å². The predicted molar refractivity (Wildman–Crippen MR) is 36.0 cm³/mol. The van der Waals surface area contributed by atoms with E-state index in [-0.39, 0.29) is 0 Å². The fourth-order valence-corrected chi connectivity index (χ4v) is 1.08. The summed E-state index contributed by atoms with van der Waals surface area (Å²) in [5.74, 6) is 0. The molecule has 5 N–H and O–H groups in total. The van der Waals surface area contributed by atoms with E-state index in [1.165, 1.54) is 0 Å². The molecule has 0 bridgehead atoms. The zero-order valence-corrected chi connectivity index (χ0v) is 6.24. The molecule has 0 aromatic carbocycles. The van der Waals surface area contributed by atoms with Crippen LogP contribution in [0.25, 0.3) is 0 Å². The van der Waals surface area contributed by atoms with Gasteiger partial charge in [0, 0.05) is 0 Å². The third kappa shape index (κ3) is 1.58. The Morgan fingerprint density at radius 1 is 0.917 bits per heavy atom. The second kappa shape index (κ2) is 3.65. The zero-order chi connectivity index (χ0) is 9.30. The highest BCUT2D eigenvalue weighted by atomic mass is 16.6. The van der Waals surface area contributed by atoms with Gasteiger partial charge in [0.05, 0.1) is 6.61 Å². The highest BCUT2D eigenvalue weighted by molar-refractivity contribution is 4.87. The van der Waals surface area contributed by atoms with Crippen LogP contribution in [-0.4, -0.2) is 62.8 Å². The van der Waals surface area contributed by atoms with Gasteiger partial charge in [-0.1, -0.05) is 0 Å². The van der Waals surface area contributed by atoms with Crippen molar-refractivity contribution in [2.45, 2.75) is 30.7 Å². The molecular weight excluding hydrogens is 169 g/mol. The van der Waals surface area contributed by atoms with Gasteiger partial charge >= 0.3 is 0 Å². The van der Waals surface area contributed by atoms with E-state index in [4.69, 9.17) is 25.5 Å². The Kier molecular flexibility index (Phi) is 2.99. The molecule has 0 radical (unpaired) electrons. The van der Waals surface area contributed by atoms with Crippen LogP contribution in [0.4, 0.5) is 0 Å². The van der Waals surface area contributed by atoms with Crippen molar-refractivity contribution in [2.75, 3.05) is 6.61 Å². The summed E-state index contributed by atoms with van der Waals surface area (Å²) in [6.07, 6.45) is -7.04. The fraction of sp³-hybridized carbons (Fsp3) is 1.00. The highest BCUT2D eigenvalue weighted by Crippen LogP contribution is 2.18. The molecule has 1 saturated heterocycles. The number of aliphatic hydroxyl groups excluding tert-OH is 5. The summed E-state index contributed by atoms with van der Waals surface area (Å²) in [7, 11) is 0. The second-order valence-corrected chi connectivity index (χ2v) is 2.72. The lowest BCUT2D eigenvalue weighted by atomic mass is 10.0. The van der Waals surface area contributed by atoms with Crippen molar-refractivity contribution >= 4 is 0 Å². The van der Waals surface area contributed by atoms with Crippen molar-refractivity contribution < 1.29 is 30.3 Å². The van der Waals surface area contributed by atoms with Crippen molar-refractivity contribution in [1.29, 1.82) is 0 Å². The van der Waals surface area contributed by atoms with Gasteiger partial charge < -0.3 is 30.3 Å².